The van der Waals surface area contributed by atoms with Crippen LogP contribution in [-0.4, -0.2) is 23.3 Å². The molecule has 0 aliphatic carbocycles. The van der Waals surface area contributed by atoms with Gasteiger partial charge in [-0.25, -0.2) is 4.79 Å². The van der Waals surface area contributed by atoms with E-state index in [1.165, 1.54) is 0 Å². The van der Waals surface area contributed by atoms with E-state index in [9.17, 15) is 4.79 Å². The minimum absolute atomic E-state index is 0.331. The number of epoxide rings is 1. The van der Waals surface area contributed by atoms with Gasteiger partial charge >= 0.3 is 5.97 Å². The van der Waals surface area contributed by atoms with Crippen LogP contribution in [0.1, 0.15) is 5.56 Å². The topological polar surface area (TPSA) is 49.8 Å². The highest BCUT2D eigenvalue weighted by atomic mass is 16.6. The normalized spacial score (nSPS) is 25.5. The number of aliphatic carboxylic acids is 1. The van der Waals surface area contributed by atoms with Crippen molar-refractivity contribution in [3.8, 4) is 0 Å². The van der Waals surface area contributed by atoms with E-state index in [1.54, 1.807) is 0 Å². The van der Waals surface area contributed by atoms with Gasteiger partial charge in [-0.3, -0.25) is 0 Å². The molecule has 1 aromatic rings. The van der Waals surface area contributed by atoms with Crippen LogP contribution in [0.3, 0.4) is 0 Å². The molecule has 0 spiro atoms. The minimum Gasteiger partial charge on any atom is -0.479 e. The maximum Gasteiger partial charge on any atom is 0.338 e. The van der Waals surface area contributed by atoms with E-state index >= 15 is 0 Å². The number of carbonyl (C=O) groups is 1. The Morgan fingerprint density at radius 2 is 2.08 bits per heavy atom. The van der Waals surface area contributed by atoms with E-state index < -0.39 is 11.6 Å². The molecule has 1 saturated heterocycles. The lowest BCUT2D eigenvalue weighted by atomic mass is 10.0. The van der Waals surface area contributed by atoms with Crippen LogP contribution >= 0.6 is 0 Å². The molecule has 0 aromatic heterocycles. The van der Waals surface area contributed by atoms with Gasteiger partial charge in [0.15, 0.2) is 5.60 Å². The predicted octanol–water partition coefficient (Wildman–Crippen LogP) is 1.08. The van der Waals surface area contributed by atoms with Crippen LogP contribution < -0.4 is 0 Å². The highest BCUT2D eigenvalue weighted by molar-refractivity contribution is 5.80. The number of ether oxygens (including phenoxy) is 1. The standard InChI is InChI=1S/C10H10O3/c11-9(12)10(7-13-10)6-8-4-2-1-3-5-8/h1-5H,6-7H2,(H,11,12)/t10-/m0/s1. The highest BCUT2D eigenvalue weighted by Gasteiger charge is 2.52. The van der Waals surface area contributed by atoms with Gasteiger partial charge in [0.05, 0.1) is 6.61 Å². The Labute approximate surface area is 76.0 Å². The lowest BCUT2D eigenvalue weighted by Gasteiger charge is -2.05. The van der Waals surface area contributed by atoms with Crippen molar-refractivity contribution in [2.75, 3.05) is 6.61 Å². The third-order valence-electron chi connectivity index (χ3n) is 2.22. The molecule has 0 bridgehead atoms. The first-order valence-electron chi connectivity index (χ1n) is 4.14. The van der Waals surface area contributed by atoms with E-state index in [0.717, 1.165) is 5.56 Å². The number of rotatable bonds is 3. The average Bonchev–Trinajstić information content (AvgIpc) is 2.87. The van der Waals surface area contributed by atoms with E-state index in [2.05, 4.69) is 0 Å². The first-order chi connectivity index (χ1) is 6.23. The molecule has 3 nitrogen and oxygen atoms in total. The van der Waals surface area contributed by atoms with Crippen molar-refractivity contribution in [3.05, 3.63) is 35.9 Å². The van der Waals surface area contributed by atoms with Gasteiger partial charge in [-0.15, -0.1) is 0 Å². The van der Waals surface area contributed by atoms with Crippen molar-refractivity contribution in [2.24, 2.45) is 0 Å². The average molecular weight is 178 g/mol. The van der Waals surface area contributed by atoms with Crippen molar-refractivity contribution in [2.45, 2.75) is 12.0 Å². The molecule has 1 atom stereocenters. The fourth-order valence-electron chi connectivity index (χ4n) is 1.31. The van der Waals surface area contributed by atoms with Crippen molar-refractivity contribution in [1.29, 1.82) is 0 Å². The molecule has 1 aromatic carbocycles. The zero-order chi connectivity index (χ0) is 9.31. The molecule has 1 aliphatic rings. The Hall–Kier alpha value is -1.35. The fourth-order valence-corrected chi connectivity index (χ4v) is 1.31. The maximum absolute atomic E-state index is 10.8. The van der Waals surface area contributed by atoms with Crippen LogP contribution in [-0.2, 0) is 16.0 Å². The van der Waals surface area contributed by atoms with Crippen LogP contribution in [0.4, 0.5) is 0 Å². The molecule has 13 heavy (non-hydrogen) atoms. The predicted molar refractivity (Wildman–Crippen MR) is 46.5 cm³/mol. The zero-order valence-corrected chi connectivity index (χ0v) is 7.06. The summed E-state index contributed by atoms with van der Waals surface area (Å²) in [5.74, 6) is -0.864. The Morgan fingerprint density at radius 1 is 1.46 bits per heavy atom. The Bertz CT molecular complexity index is 314. The van der Waals surface area contributed by atoms with Crippen LogP contribution in [0.5, 0.6) is 0 Å². The van der Waals surface area contributed by atoms with E-state index in [0.29, 0.717) is 13.0 Å². The molecular weight excluding hydrogens is 168 g/mol. The molecule has 0 amide bonds. The summed E-state index contributed by atoms with van der Waals surface area (Å²) in [5, 5.41) is 8.84. The number of carboxylic acid groups (broad SMARTS) is 1. The molecule has 0 radical (unpaired) electrons. The number of benzene rings is 1. The van der Waals surface area contributed by atoms with E-state index in [-0.39, 0.29) is 0 Å². The number of hydrogen-bond donors (Lipinski definition) is 1. The summed E-state index contributed by atoms with van der Waals surface area (Å²) in [6, 6.07) is 9.52. The first kappa shape index (κ1) is 8.26. The molecule has 1 fully saturated rings. The number of carboxylic acids is 1. The van der Waals surface area contributed by atoms with Gasteiger partial charge in [0, 0.05) is 6.42 Å². The zero-order valence-electron chi connectivity index (χ0n) is 7.06. The molecule has 2 rings (SSSR count). The Kier molecular flexibility index (Phi) is 1.81. The minimum atomic E-state index is -0.929. The summed E-state index contributed by atoms with van der Waals surface area (Å²) in [5.41, 5.74) is 0.0730. The summed E-state index contributed by atoms with van der Waals surface area (Å²) in [6.07, 6.45) is 0.461. The number of hydrogen-bond acceptors (Lipinski definition) is 2. The summed E-state index contributed by atoms with van der Waals surface area (Å²) < 4.78 is 4.96. The summed E-state index contributed by atoms with van der Waals surface area (Å²) in [7, 11) is 0. The molecule has 68 valence electrons. The van der Waals surface area contributed by atoms with Crippen LogP contribution in [0.2, 0.25) is 0 Å². The molecule has 0 saturated carbocycles. The van der Waals surface area contributed by atoms with Crippen molar-refractivity contribution in [3.63, 3.8) is 0 Å². The van der Waals surface area contributed by atoms with Gasteiger partial charge in [0.2, 0.25) is 0 Å². The fraction of sp³-hybridized carbons (Fsp3) is 0.300. The Morgan fingerprint density at radius 3 is 2.54 bits per heavy atom. The van der Waals surface area contributed by atoms with Crippen molar-refractivity contribution >= 4 is 5.97 Å². The molecule has 3 heteroatoms. The Balaban J connectivity index is 2.11. The molecule has 1 N–H and O–H groups in total. The molecule has 1 aliphatic heterocycles. The summed E-state index contributed by atoms with van der Waals surface area (Å²) in [4.78, 5) is 10.8. The third-order valence-corrected chi connectivity index (χ3v) is 2.22. The van der Waals surface area contributed by atoms with Gasteiger partial charge in [-0.05, 0) is 5.56 Å². The summed E-state index contributed by atoms with van der Waals surface area (Å²) >= 11 is 0. The smallest absolute Gasteiger partial charge is 0.338 e. The monoisotopic (exact) mass is 178 g/mol. The highest BCUT2D eigenvalue weighted by Crippen LogP contribution is 2.31. The lowest BCUT2D eigenvalue weighted by Crippen LogP contribution is -2.26. The van der Waals surface area contributed by atoms with Gasteiger partial charge in [-0.1, -0.05) is 30.3 Å². The second-order valence-corrected chi connectivity index (χ2v) is 3.25. The quantitative estimate of drug-likeness (QED) is 0.704. The van der Waals surface area contributed by atoms with Gasteiger partial charge < -0.3 is 9.84 Å². The molecule has 0 unspecified atom stereocenters. The first-order valence-corrected chi connectivity index (χ1v) is 4.14. The third kappa shape index (κ3) is 1.55. The van der Waals surface area contributed by atoms with Crippen molar-refractivity contribution in [1.82, 2.24) is 0 Å². The maximum atomic E-state index is 10.8. The van der Waals surface area contributed by atoms with Crippen LogP contribution in [0, 0.1) is 0 Å². The second kappa shape index (κ2) is 2.85. The van der Waals surface area contributed by atoms with Crippen LogP contribution in [0.15, 0.2) is 30.3 Å². The second-order valence-electron chi connectivity index (χ2n) is 3.25. The van der Waals surface area contributed by atoms with Crippen molar-refractivity contribution < 1.29 is 14.6 Å². The van der Waals surface area contributed by atoms with Gasteiger partial charge in [0.25, 0.3) is 0 Å². The molecule has 1 heterocycles. The lowest BCUT2D eigenvalue weighted by molar-refractivity contribution is -0.143. The SMILES string of the molecule is O=C(O)[C@]1(Cc2ccccc2)CO1. The molecular formula is C10H10O3. The van der Waals surface area contributed by atoms with Gasteiger partial charge in [0.1, 0.15) is 0 Å². The van der Waals surface area contributed by atoms with E-state index in [1.807, 2.05) is 30.3 Å². The summed E-state index contributed by atoms with van der Waals surface area (Å²) in [6.45, 7) is 0.331. The van der Waals surface area contributed by atoms with Gasteiger partial charge in [-0.2, -0.15) is 0 Å². The largest absolute Gasteiger partial charge is 0.479 e. The van der Waals surface area contributed by atoms with E-state index in [4.69, 9.17) is 9.84 Å². The van der Waals surface area contributed by atoms with Crippen LogP contribution in [0.25, 0.3) is 0 Å².